The molecule has 0 spiro atoms. The van der Waals surface area contributed by atoms with Gasteiger partial charge in [0.25, 0.3) is 0 Å². The number of nitrogens with zero attached hydrogens (tertiary/aromatic N) is 3. The van der Waals surface area contributed by atoms with Crippen molar-refractivity contribution in [2.45, 2.75) is 34.6 Å². The third kappa shape index (κ3) is 3.31. The number of ether oxygens (including phenoxy) is 1. The molecule has 122 valence electrons. The van der Waals surface area contributed by atoms with Gasteiger partial charge in [-0.2, -0.15) is 0 Å². The number of hydrogen-bond donors (Lipinski definition) is 0. The fraction of sp³-hybridized carbons (Fsp3) is 0.316. The molecule has 4 nitrogen and oxygen atoms in total. The molecule has 0 unspecified atom stereocenters. The third-order valence-corrected chi connectivity index (χ3v) is 3.69. The Bertz CT molecular complexity index is 747. The second kappa shape index (κ2) is 7.18. The van der Waals surface area contributed by atoms with E-state index in [-0.39, 0.29) is 0 Å². The number of methoxy groups -OCH3 is 1. The van der Waals surface area contributed by atoms with E-state index in [9.17, 15) is 0 Å². The SMILES string of the molecule is CC.COc1ccc(-n2nc(-n3c(C)ccc3C)cc2C)cc1. The average Bonchev–Trinajstić information content (AvgIpc) is 3.11. The van der Waals surface area contributed by atoms with Crippen LogP contribution in [-0.4, -0.2) is 21.5 Å². The second-order valence-corrected chi connectivity index (χ2v) is 5.21. The summed E-state index contributed by atoms with van der Waals surface area (Å²) in [5.74, 6) is 1.80. The molecule has 0 radical (unpaired) electrons. The Kier molecular flexibility index (Phi) is 5.27. The highest BCUT2D eigenvalue weighted by Crippen LogP contribution is 2.20. The number of aromatic nitrogens is 3. The summed E-state index contributed by atoms with van der Waals surface area (Å²) in [5.41, 5.74) is 4.50. The molecule has 0 bridgehead atoms. The van der Waals surface area contributed by atoms with E-state index >= 15 is 0 Å². The van der Waals surface area contributed by atoms with Crippen LogP contribution in [-0.2, 0) is 0 Å². The lowest BCUT2D eigenvalue weighted by molar-refractivity contribution is 0.414. The summed E-state index contributed by atoms with van der Waals surface area (Å²) >= 11 is 0. The highest BCUT2D eigenvalue weighted by atomic mass is 16.5. The maximum atomic E-state index is 5.20. The first kappa shape index (κ1) is 16.9. The zero-order valence-electron chi connectivity index (χ0n) is 14.8. The number of aryl methyl sites for hydroxylation is 3. The molecule has 0 aliphatic rings. The van der Waals surface area contributed by atoms with E-state index in [0.717, 1.165) is 22.9 Å². The fourth-order valence-corrected chi connectivity index (χ4v) is 2.58. The van der Waals surface area contributed by atoms with Crippen molar-refractivity contribution in [1.29, 1.82) is 0 Å². The standard InChI is InChI=1S/C17H19N3O.C2H6/c1-12-5-6-13(2)19(12)17-11-14(3)20(18-17)15-7-9-16(21-4)10-8-15;1-2/h5-11H,1-4H3;1-2H3. The summed E-state index contributed by atoms with van der Waals surface area (Å²) in [6, 6.07) is 14.2. The van der Waals surface area contributed by atoms with Crippen LogP contribution in [0.4, 0.5) is 0 Å². The van der Waals surface area contributed by atoms with Crippen molar-refractivity contribution in [2.24, 2.45) is 0 Å². The molecule has 0 fully saturated rings. The fourth-order valence-electron chi connectivity index (χ4n) is 2.58. The maximum Gasteiger partial charge on any atom is 0.159 e. The second-order valence-electron chi connectivity index (χ2n) is 5.21. The minimum Gasteiger partial charge on any atom is -0.497 e. The quantitative estimate of drug-likeness (QED) is 0.706. The molecule has 0 aliphatic carbocycles. The van der Waals surface area contributed by atoms with Crippen LogP contribution in [0.1, 0.15) is 30.9 Å². The first-order chi connectivity index (χ1) is 11.1. The largest absolute Gasteiger partial charge is 0.497 e. The van der Waals surface area contributed by atoms with E-state index in [2.05, 4.69) is 43.5 Å². The summed E-state index contributed by atoms with van der Waals surface area (Å²) in [6.45, 7) is 10.2. The van der Waals surface area contributed by atoms with Crippen LogP contribution < -0.4 is 4.74 Å². The predicted octanol–water partition coefficient (Wildman–Crippen LogP) is 4.62. The van der Waals surface area contributed by atoms with Gasteiger partial charge in [0.05, 0.1) is 12.8 Å². The minimum absolute atomic E-state index is 0.848. The van der Waals surface area contributed by atoms with E-state index in [1.165, 1.54) is 11.4 Å². The van der Waals surface area contributed by atoms with Crippen LogP contribution in [0.25, 0.3) is 11.5 Å². The number of benzene rings is 1. The van der Waals surface area contributed by atoms with Gasteiger partial charge in [-0.15, -0.1) is 5.10 Å². The Hall–Kier alpha value is -2.49. The zero-order chi connectivity index (χ0) is 17.0. The van der Waals surface area contributed by atoms with Gasteiger partial charge in [0.15, 0.2) is 5.82 Å². The summed E-state index contributed by atoms with van der Waals surface area (Å²) in [4.78, 5) is 0. The smallest absolute Gasteiger partial charge is 0.159 e. The molecule has 0 saturated carbocycles. The van der Waals surface area contributed by atoms with E-state index in [0.29, 0.717) is 0 Å². The first-order valence-corrected chi connectivity index (χ1v) is 7.96. The van der Waals surface area contributed by atoms with Crippen LogP contribution in [0.5, 0.6) is 5.75 Å². The molecule has 0 amide bonds. The van der Waals surface area contributed by atoms with Crippen LogP contribution >= 0.6 is 0 Å². The normalized spacial score (nSPS) is 10.2. The molecule has 2 aromatic heterocycles. The molecule has 0 aliphatic heterocycles. The first-order valence-electron chi connectivity index (χ1n) is 7.96. The lowest BCUT2D eigenvalue weighted by Gasteiger charge is -2.06. The Morgan fingerprint density at radius 3 is 1.91 bits per heavy atom. The van der Waals surface area contributed by atoms with Crippen LogP contribution in [0.2, 0.25) is 0 Å². The number of hydrogen-bond acceptors (Lipinski definition) is 2. The van der Waals surface area contributed by atoms with Gasteiger partial charge in [-0.05, 0) is 57.2 Å². The molecule has 23 heavy (non-hydrogen) atoms. The zero-order valence-corrected chi connectivity index (χ0v) is 14.8. The molecule has 0 atom stereocenters. The molecule has 3 aromatic rings. The van der Waals surface area contributed by atoms with E-state index in [4.69, 9.17) is 9.84 Å². The lowest BCUT2D eigenvalue weighted by Crippen LogP contribution is -2.02. The minimum atomic E-state index is 0.848. The molecule has 0 saturated heterocycles. The Balaban J connectivity index is 0.000000924. The number of rotatable bonds is 3. The van der Waals surface area contributed by atoms with E-state index in [1.54, 1.807) is 7.11 Å². The van der Waals surface area contributed by atoms with Crippen molar-refractivity contribution in [2.75, 3.05) is 7.11 Å². The lowest BCUT2D eigenvalue weighted by atomic mass is 10.3. The monoisotopic (exact) mass is 311 g/mol. The summed E-state index contributed by atoms with van der Waals surface area (Å²) in [6.07, 6.45) is 0. The van der Waals surface area contributed by atoms with Crippen molar-refractivity contribution in [1.82, 2.24) is 14.3 Å². The van der Waals surface area contributed by atoms with Gasteiger partial charge in [-0.3, -0.25) is 0 Å². The van der Waals surface area contributed by atoms with Crippen molar-refractivity contribution in [3.63, 3.8) is 0 Å². The maximum absolute atomic E-state index is 5.20. The van der Waals surface area contributed by atoms with Crippen LogP contribution in [0, 0.1) is 20.8 Å². The Morgan fingerprint density at radius 1 is 0.826 bits per heavy atom. The summed E-state index contributed by atoms with van der Waals surface area (Å²) < 4.78 is 9.31. The average molecular weight is 311 g/mol. The van der Waals surface area contributed by atoms with Gasteiger partial charge in [-0.25, -0.2) is 4.68 Å². The molecule has 1 aromatic carbocycles. The van der Waals surface area contributed by atoms with Gasteiger partial charge < -0.3 is 9.30 Å². The van der Waals surface area contributed by atoms with E-state index in [1.807, 2.05) is 42.8 Å². The van der Waals surface area contributed by atoms with Crippen molar-refractivity contribution >= 4 is 0 Å². The van der Waals surface area contributed by atoms with Crippen LogP contribution in [0.15, 0.2) is 42.5 Å². The molecular formula is C19H25N3O. The third-order valence-electron chi connectivity index (χ3n) is 3.69. The Morgan fingerprint density at radius 2 is 1.39 bits per heavy atom. The highest BCUT2D eigenvalue weighted by molar-refractivity contribution is 5.41. The van der Waals surface area contributed by atoms with Crippen molar-refractivity contribution < 1.29 is 4.74 Å². The molecule has 2 heterocycles. The summed E-state index contributed by atoms with van der Waals surface area (Å²) in [7, 11) is 1.67. The molecule has 0 N–H and O–H groups in total. The van der Waals surface area contributed by atoms with E-state index < -0.39 is 0 Å². The topological polar surface area (TPSA) is 32.0 Å². The van der Waals surface area contributed by atoms with Crippen molar-refractivity contribution in [3.8, 4) is 17.3 Å². The van der Waals surface area contributed by atoms with Gasteiger partial charge in [0.2, 0.25) is 0 Å². The van der Waals surface area contributed by atoms with Gasteiger partial charge in [0, 0.05) is 23.1 Å². The molecule has 4 heteroatoms. The van der Waals surface area contributed by atoms with Crippen LogP contribution in [0.3, 0.4) is 0 Å². The molecule has 3 rings (SSSR count). The highest BCUT2D eigenvalue weighted by Gasteiger charge is 2.11. The summed E-state index contributed by atoms with van der Waals surface area (Å²) in [5, 5.41) is 4.74. The van der Waals surface area contributed by atoms with Gasteiger partial charge in [0.1, 0.15) is 5.75 Å². The molecular weight excluding hydrogens is 286 g/mol. The van der Waals surface area contributed by atoms with Gasteiger partial charge >= 0.3 is 0 Å². The van der Waals surface area contributed by atoms with Gasteiger partial charge in [-0.1, -0.05) is 13.8 Å². The van der Waals surface area contributed by atoms with Crippen molar-refractivity contribution in [3.05, 3.63) is 59.5 Å². The Labute approximate surface area is 138 Å². The predicted molar refractivity (Wildman–Crippen MR) is 95.0 cm³/mol.